The summed E-state index contributed by atoms with van der Waals surface area (Å²) >= 11 is 0. The van der Waals surface area contributed by atoms with Gasteiger partial charge in [0.2, 0.25) is 0 Å². The van der Waals surface area contributed by atoms with E-state index in [4.69, 9.17) is 0 Å². The van der Waals surface area contributed by atoms with Gasteiger partial charge in [0.05, 0.1) is 0 Å². The highest BCUT2D eigenvalue weighted by atomic mass is 16.1. The molecule has 0 aromatic heterocycles. The van der Waals surface area contributed by atoms with Crippen LogP contribution in [0.1, 0.15) is 84.5 Å². The van der Waals surface area contributed by atoms with Crippen LogP contribution in [0.4, 0.5) is 0 Å². The summed E-state index contributed by atoms with van der Waals surface area (Å²) < 4.78 is 0. The minimum atomic E-state index is -0.145. The summed E-state index contributed by atoms with van der Waals surface area (Å²) in [7, 11) is 0. The number of rotatable bonds is 4. The van der Waals surface area contributed by atoms with E-state index in [1.807, 2.05) is 36.4 Å². The number of hydrogen-bond acceptors (Lipinski definition) is 2. The number of hydrogen-bond donors (Lipinski definition) is 0. The Morgan fingerprint density at radius 3 is 0.750 bits per heavy atom. The second-order valence-corrected chi connectivity index (χ2v) is 19.5. The number of carbonyl (C=O) groups excluding carboxylic acids is 2. The number of fused-ring (bicyclic) bond motifs is 6. The SMILES string of the molecule is CC(C)(C)c1ccc(-c2c3c(c(-c4ccccc4)c4cc5ccccc5cc24)C(=O)c2c(c(-c4ccccc4)c4cc5ccccc5cc4c2-c2ccc(C(C)(C)C)cc2)C3=O)cc1. The third-order valence-corrected chi connectivity index (χ3v) is 13.5. The van der Waals surface area contributed by atoms with Crippen molar-refractivity contribution in [3.05, 3.63) is 215 Å². The second-order valence-electron chi connectivity index (χ2n) is 19.5. The van der Waals surface area contributed by atoms with Crippen molar-refractivity contribution in [1.29, 1.82) is 0 Å². The van der Waals surface area contributed by atoms with E-state index in [0.29, 0.717) is 22.3 Å². The van der Waals surface area contributed by atoms with Crippen LogP contribution in [0.5, 0.6) is 0 Å². The average molecular weight is 825 g/mol. The highest BCUT2D eigenvalue weighted by molar-refractivity contribution is 6.41. The average Bonchev–Trinajstić information content (AvgIpc) is 3.30. The third-order valence-electron chi connectivity index (χ3n) is 13.5. The maximum Gasteiger partial charge on any atom is 0.195 e. The van der Waals surface area contributed by atoms with Crippen LogP contribution in [0, 0.1) is 0 Å². The molecule has 64 heavy (non-hydrogen) atoms. The van der Waals surface area contributed by atoms with Crippen molar-refractivity contribution in [2.45, 2.75) is 52.4 Å². The van der Waals surface area contributed by atoms with Gasteiger partial charge >= 0.3 is 0 Å². The van der Waals surface area contributed by atoms with Gasteiger partial charge in [-0.15, -0.1) is 0 Å². The molecule has 2 nitrogen and oxygen atoms in total. The molecule has 0 radical (unpaired) electrons. The Morgan fingerprint density at radius 2 is 0.500 bits per heavy atom. The Labute approximate surface area is 374 Å². The standard InChI is InChI=1S/C62H48O2/c1-61(2,3)45-29-25-39(26-30-45)53-49-35-43-23-15-13-21-41(43)33-47(49)51(37-17-9-7-10-18-37)55-57(53)59(63)56-52(38-19-11-8-12-20-38)48-34-42-22-14-16-24-44(42)36-50(48)54(58(56)60(55)64)40-27-31-46(32-28-40)62(4,5)6/h7-36H,1-6H3. The predicted octanol–water partition coefficient (Wildman–Crippen LogP) is 16.3. The minimum Gasteiger partial charge on any atom is -0.289 e. The van der Waals surface area contributed by atoms with Gasteiger partial charge in [0.1, 0.15) is 0 Å². The van der Waals surface area contributed by atoms with Crippen LogP contribution in [-0.4, -0.2) is 11.6 Å². The molecule has 308 valence electrons. The molecule has 2 heteroatoms. The zero-order chi connectivity index (χ0) is 44.1. The molecule has 10 aromatic carbocycles. The molecule has 0 saturated carbocycles. The summed E-state index contributed by atoms with van der Waals surface area (Å²) in [4.78, 5) is 33.4. The fraction of sp³-hybridized carbons (Fsp3) is 0.129. The van der Waals surface area contributed by atoms with Crippen molar-refractivity contribution in [2.75, 3.05) is 0 Å². The van der Waals surface area contributed by atoms with Gasteiger partial charge in [-0.1, -0.05) is 199 Å². The summed E-state index contributed by atoms with van der Waals surface area (Å²) in [6, 6.07) is 63.3. The van der Waals surface area contributed by atoms with Crippen LogP contribution in [-0.2, 0) is 10.8 Å². The lowest BCUT2D eigenvalue weighted by atomic mass is 9.70. The van der Waals surface area contributed by atoms with Crippen molar-refractivity contribution in [3.8, 4) is 44.5 Å². The molecule has 0 saturated heterocycles. The fourth-order valence-electron chi connectivity index (χ4n) is 10.2. The Kier molecular flexibility index (Phi) is 8.98. The van der Waals surface area contributed by atoms with Gasteiger partial charge in [0.25, 0.3) is 0 Å². The number of ketones is 2. The molecule has 0 N–H and O–H groups in total. The van der Waals surface area contributed by atoms with Crippen molar-refractivity contribution in [2.24, 2.45) is 0 Å². The van der Waals surface area contributed by atoms with E-state index >= 15 is 9.59 Å². The van der Waals surface area contributed by atoms with Gasteiger partial charge in [0, 0.05) is 44.5 Å². The van der Waals surface area contributed by atoms with Crippen LogP contribution in [0.3, 0.4) is 0 Å². The highest BCUT2D eigenvalue weighted by Gasteiger charge is 2.41. The summed E-state index contributed by atoms with van der Waals surface area (Å²) in [6.45, 7) is 13.3. The van der Waals surface area contributed by atoms with E-state index < -0.39 is 0 Å². The molecule has 1 aliphatic carbocycles. The number of carbonyl (C=O) groups is 2. The quantitative estimate of drug-likeness (QED) is 0.166. The van der Waals surface area contributed by atoms with Gasteiger partial charge < -0.3 is 0 Å². The fourth-order valence-corrected chi connectivity index (χ4v) is 10.2. The van der Waals surface area contributed by atoms with E-state index in [-0.39, 0.29) is 22.4 Å². The van der Waals surface area contributed by atoms with Gasteiger partial charge in [-0.3, -0.25) is 9.59 Å². The van der Waals surface area contributed by atoms with Crippen molar-refractivity contribution < 1.29 is 9.59 Å². The normalized spacial score (nSPS) is 12.9. The molecule has 0 bridgehead atoms. The second kappa shape index (κ2) is 14.6. The maximum atomic E-state index is 16.7. The lowest BCUT2D eigenvalue weighted by Gasteiger charge is -2.30. The molecule has 0 fully saturated rings. The molecule has 11 rings (SSSR count). The van der Waals surface area contributed by atoms with E-state index in [1.54, 1.807) is 0 Å². The van der Waals surface area contributed by atoms with Crippen LogP contribution >= 0.6 is 0 Å². The third kappa shape index (κ3) is 6.23. The van der Waals surface area contributed by atoms with Crippen molar-refractivity contribution >= 4 is 54.7 Å². The first-order chi connectivity index (χ1) is 30.9. The smallest absolute Gasteiger partial charge is 0.195 e. The monoisotopic (exact) mass is 824 g/mol. The zero-order valence-electron chi connectivity index (χ0n) is 37.1. The summed E-state index contributed by atoms with van der Waals surface area (Å²) in [5.41, 5.74) is 10.8. The Balaban J connectivity index is 1.36. The van der Waals surface area contributed by atoms with Gasteiger partial charge in [-0.05, 0) is 112 Å². The Morgan fingerprint density at radius 1 is 0.266 bits per heavy atom. The molecule has 0 aliphatic heterocycles. The van der Waals surface area contributed by atoms with Gasteiger partial charge in [0.15, 0.2) is 11.6 Å². The largest absolute Gasteiger partial charge is 0.289 e. The van der Waals surface area contributed by atoms with E-state index in [1.165, 1.54) is 11.1 Å². The number of benzene rings is 10. The summed E-state index contributed by atoms with van der Waals surface area (Å²) in [5.74, 6) is -0.290. The Bertz CT molecular complexity index is 3300. The van der Waals surface area contributed by atoms with Crippen molar-refractivity contribution in [1.82, 2.24) is 0 Å². The summed E-state index contributed by atoms with van der Waals surface area (Å²) in [5, 5.41) is 8.04. The van der Waals surface area contributed by atoms with Gasteiger partial charge in [-0.25, -0.2) is 0 Å². The first kappa shape index (κ1) is 39.4. The molecule has 0 spiro atoms. The van der Waals surface area contributed by atoms with Crippen LogP contribution in [0.2, 0.25) is 0 Å². The van der Waals surface area contributed by atoms with Crippen LogP contribution < -0.4 is 0 Å². The molecule has 0 atom stereocenters. The first-order valence-corrected chi connectivity index (χ1v) is 22.3. The topological polar surface area (TPSA) is 34.1 Å². The molecule has 0 heterocycles. The summed E-state index contributed by atoms with van der Waals surface area (Å²) in [6.07, 6.45) is 0. The van der Waals surface area contributed by atoms with Crippen LogP contribution in [0.25, 0.3) is 87.6 Å². The van der Waals surface area contributed by atoms with E-state index in [9.17, 15) is 0 Å². The van der Waals surface area contributed by atoms with Gasteiger partial charge in [-0.2, -0.15) is 0 Å². The zero-order valence-corrected chi connectivity index (χ0v) is 37.1. The van der Waals surface area contributed by atoms with Crippen LogP contribution in [0.15, 0.2) is 182 Å². The Hall–Kier alpha value is -7.42. The molecule has 10 aromatic rings. The maximum absolute atomic E-state index is 16.7. The molecular formula is C62H48O2. The minimum absolute atomic E-state index is 0.0740. The predicted molar refractivity (Wildman–Crippen MR) is 269 cm³/mol. The van der Waals surface area contributed by atoms with E-state index in [2.05, 4.69) is 187 Å². The molecule has 1 aliphatic rings. The van der Waals surface area contributed by atoms with E-state index in [0.717, 1.165) is 87.6 Å². The van der Waals surface area contributed by atoms with Crippen molar-refractivity contribution in [3.63, 3.8) is 0 Å². The molecule has 0 amide bonds. The lowest BCUT2D eigenvalue weighted by Crippen LogP contribution is -2.25. The molecular weight excluding hydrogens is 777 g/mol. The highest BCUT2D eigenvalue weighted by Crippen LogP contribution is 2.52. The molecule has 0 unspecified atom stereocenters. The first-order valence-electron chi connectivity index (χ1n) is 22.3. The lowest BCUT2D eigenvalue weighted by molar-refractivity contribution is 0.0981.